The number of aromatic nitrogens is 2. The van der Waals surface area contributed by atoms with Gasteiger partial charge < -0.3 is 5.32 Å². The average molecular weight is 261 g/mol. The number of nitrogens with zero attached hydrogens (tertiary/aromatic N) is 2. The number of Topliss-reactive ketones (excluding diaryl/α,β-unsaturated/α-hetero) is 1. The van der Waals surface area contributed by atoms with Crippen LogP contribution in [0.3, 0.4) is 0 Å². The molecule has 0 fully saturated rings. The van der Waals surface area contributed by atoms with Gasteiger partial charge >= 0.3 is 0 Å². The predicted molar refractivity (Wildman–Crippen MR) is 69.0 cm³/mol. The van der Waals surface area contributed by atoms with Gasteiger partial charge in [0.05, 0.1) is 5.69 Å². The highest BCUT2D eigenvalue weighted by molar-refractivity contribution is 7.08. The van der Waals surface area contributed by atoms with Crippen molar-refractivity contribution in [2.75, 3.05) is 5.32 Å². The lowest BCUT2D eigenvalue weighted by atomic mass is 10.1. The normalized spacial score (nSPS) is 10.1. The standard InChI is InChI=1S/C12H11N3O2S/c1-7-11(18-15-14-7)12(17)13-10-5-3-4-9(6-10)8(2)16/h3-6H,1-2H3,(H,13,17). The maximum atomic E-state index is 11.9. The zero-order valence-corrected chi connectivity index (χ0v) is 10.7. The lowest BCUT2D eigenvalue weighted by Crippen LogP contribution is -2.11. The van der Waals surface area contributed by atoms with Crippen molar-refractivity contribution in [3.8, 4) is 0 Å². The molecule has 1 amide bonds. The van der Waals surface area contributed by atoms with Gasteiger partial charge in [0.1, 0.15) is 4.88 Å². The zero-order chi connectivity index (χ0) is 13.1. The minimum absolute atomic E-state index is 0.0401. The van der Waals surface area contributed by atoms with Gasteiger partial charge in [-0.25, -0.2) is 0 Å². The predicted octanol–water partition coefficient (Wildman–Crippen LogP) is 2.30. The molecule has 0 aliphatic carbocycles. The van der Waals surface area contributed by atoms with E-state index in [4.69, 9.17) is 0 Å². The summed E-state index contributed by atoms with van der Waals surface area (Å²) in [5.74, 6) is -0.301. The lowest BCUT2D eigenvalue weighted by molar-refractivity contribution is 0.101. The highest BCUT2D eigenvalue weighted by Gasteiger charge is 2.13. The number of aryl methyl sites for hydroxylation is 1. The number of carbonyl (C=O) groups excluding carboxylic acids is 2. The number of hydrogen-bond donors (Lipinski definition) is 1. The van der Waals surface area contributed by atoms with Crippen LogP contribution in [0.2, 0.25) is 0 Å². The average Bonchev–Trinajstić information content (AvgIpc) is 2.76. The summed E-state index contributed by atoms with van der Waals surface area (Å²) in [6.45, 7) is 3.21. The van der Waals surface area contributed by atoms with Crippen molar-refractivity contribution in [2.24, 2.45) is 0 Å². The van der Waals surface area contributed by atoms with E-state index in [1.807, 2.05) is 0 Å². The third-order valence-corrected chi connectivity index (χ3v) is 3.21. The van der Waals surface area contributed by atoms with Gasteiger partial charge in [0.25, 0.3) is 5.91 Å². The third kappa shape index (κ3) is 2.60. The molecule has 0 radical (unpaired) electrons. The van der Waals surface area contributed by atoms with Crippen LogP contribution in [0.1, 0.15) is 32.6 Å². The second-order valence-corrected chi connectivity index (χ2v) is 4.53. The van der Waals surface area contributed by atoms with E-state index in [1.54, 1.807) is 31.2 Å². The fourth-order valence-corrected chi connectivity index (χ4v) is 2.00. The summed E-state index contributed by atoms with van der Waals surface area (Å²) in [7, 11) is 0. The van der Waals surface area contributed by atoms with E-state index in [2.05, 4.69) is 14.9 Å². The molecule has 0 saturated heterocycles. The second-order valence-electron chi connectivity index (χ2n) is 3.78. The molecule has 5 nitrogen and oxygen atoms in total. The molecule has 1 aromatic carbocycles. The Balaban J connectivity index is 2.20. The maximum absolute atomic E-state index is 11.9. The molecule has 18 heavy (non-hydrogen) atoms. The first-order valence-corrected chi connectivity index (χ1v) is 6.06. The van der Waals surface area contributed by atoms with Crippen LogP contribution in [0.25, 0.3) is 0 Å². The third-order valence-electron chi connectivity index (χ3n) is 2.38. The second kappa shape index (κ2) is 5.05. The van der Waals surface area contributed by atoms with Crippen LogP contribution >= 0.6 is 11.5 Å². The van der Waals surface area contributed by atoms with E-state index in [-0.39, 0.29) is 11.7 Å². The van der Waals surface area contributed by atoms with Crippen molar-refractivity contribution in [3.63, 3.8) is 0 Å². The molecular weight excluding hydrogens is 250 g/mol. The number of carbonyl (C=O) groups is 2. The topological polar surface area (TPSA) is 72.0 Å². The highest BCUT2D eigenvalue weighted by atomic mass is 32.1. The molecule has 0 aliphatic heterocycles. The van der Waals surface area contributed by atoms with Crippen LogP contribution in [-0.2, 0) is 0 Å². The van der Waals surface area contributed by atoms with Crippen LogP contribution in [0.15, 0.2) is 24.3 Å². The molecule has 2 rings (SSSR count). The molecule has 6 heteroatoms. The molecule has 0 aliphatic rings. The molecule has 0 saturated carbocycles. The Hall–Kier alpha value is -2.08. The smallest absolute Gasteiger partial charge is 0.269 e. The van der Waals surface area contributed by atoms with Crippen molar-refractivity contribution in [3.05, 3.63) is 40.4 Å². The van der Waals surface area contributed by atoms with Gasteiger partial charge in [-0.05, 0) is 37.5 Å². The monoisotopic (exact) mass is 261 g/mol. The first kappa shape index (κ1) is 12.4. The molecule has 0 spiro atoms. The van der Waals surface area contributed by atoms with Crippen molar-refractivity contribution >= 4 is 28.9 Å². The SMILES string of the molecule is CC(=O)c1cccc(NC(=O)c2snnc2C)c1. The Kier molecular flexibility index (Phi) is 3.47. The summed E-state index contributed by atoms with van der Waals surface area (Å²) in [6.07, 6.45) is 0. The number of hydrogen-bond acceptors (Lipinski definition) is 5. The van der Waals surface area contributed by atoms with E-state index in [0.29, 0.717) is 21.8 Å². The lowest BCUT2D eigenvalue weighted by Gasteiger charge is -2.04. The van der Waals surface area contributed by atoms with Gasteiger partial charge in [-0.3, -0.25) is 9.59 Å². The fraction of sp³-hybridized carbons (Fsp3) is 0.167. The van der Waals surface area contributed by atoms with Crippen LogP contribution in [0, 0.1) is 6.92 Å². The van der Waals surface area contributed by atoms with E-state index < -0.39 is 0 Å². The van der Waals surface area contributed by atoms with E-state index in [1.165, 1.54) is 6.92 Å². The summed E-state index contributed by atoms with van der Waals surface area (Å²) in [5, 5.41) is 6.50. The summed E-state index contributed by atoms with van der Waals surface area (Å²) in [4.78, 5) is 23.6. The number of amides is 1. The molecule has 1 aromatic heterocycles. The minimum Gasteiger partial charge on any atom is -0.321 e. The van der Waals surface area contributed by atoms with Crippen molar-refractivity contribution in [1.29, 1.82) is 0 Å². The van der Waals surface area contributed by atoms with Gasteiger partial charge in [-0.2, -0.15) is 0 Å². The maximum Gasteiger partial charge on any atom is 0.269 e. The van der Waals surface area contributed by atoms with Crippen molar-refractivity contribution in [1.82, 2.24) is 9.59 Å². The van der Waals surface area contributed by atoms with Gasteiger partial charge in [0.15, 0.2) is 5.78 Å². The van der Waals surface area contributed by atoms with Crippen molar-refractivity contribution < 1.29 is 9.59 Å². The Bertz CT molecular complexity index is 607. The summed E-state index contributed by atoms with van der Waals surface area (Å²) >= 11 is 1.05. The van der Waals surface area contributed by atoms with E-state index in [9.17, 15) is 9.59 Å². The highest BCUT2D eigenvalue weighted by Crippen LogP contribution is 2.15. The summed E-state index contributed by atoms with van der Waals surface area (Å²) in [5.41, 5.74) is 1.74. The molecule has 0 unspecified atom stereocenters. The fourth-order valence-electron chi connectivity index (χ4n) is 1.44. The number of rotatable bonds is 3. The molecule has 1 heterocycles. The Morgan fingerprint density at radius 2 is 2.11 bits per heavy atom. The summed E-state index contributed by atoms with van der Waals surface area (Å²) < 4.78 is 3.71. The Morgan fingerprint density at radius 3 is 2.72 bits per heavy atom. The van der Waals surface area contributed by atoms with Crippen LogP contribution in [0.4, 0.5) is 5.69 Å². The van der Waals surface area contributed by atoms with Crippen molar-refractivity contribution in [2.45, 2.75) is 13.8 Å². The summed E-state index contributed by atoms with van der Waals surface area (Å²) in [6, 6.07) is 6.81. The number of anilines is 1. The number of ketones is 1. The van der Waals surface area contributed by atoms with Crippen LogP contribution in [-0.4, -0.2) is 21.3 Å². The largest absolute Gasteiger partial charge is 0.321 e. The Morgan fingerprint density at radius 1 is 1.33 bits per heavy atom. The van der Waals surface area contributed by atoms with Gasteiger partial charge in [0.2, 0.25) is 0 Å². The van der Waals surface area contributed by atoms with E-state index in [0.717, 1.165) is 11.5 Å². The minimum atomic E-state index is -0.261. The first-order valence-electron chi connectivity index (χ1n) is 5.29. The number of nitrogens with one attached hydrogen (secondary N) is 1. The van der Waals surface area contributed by atoms with Gasteiger partial charge in [-0.1, -0.05) is 16.6 Å². The van der Waals surface area contributed by atoms with Gasteiger partial charge in [-0.15, -0.1) is 5.10 Å². The first-order chi connectivity index (χ1) is 8.58. The molecule has 2 aromatic rings. The van der Waals surface area contributed by atoms with Crippen LogP contribution < -0.4 is 5.32 Å². The quantitative estimate of drug-likeness (QED) is 0.860. The zero-order valence-electron chi connectivity index (χ0n) is 9.93. The van der Waals surface area contributed by atoms with E-state index >= 15 is 0 Å². The van der Waals surface area contributed by atoms with Crippen LogP contribution in [0.5, 0.6) is 0 Å². The molecule has 1 N–H and O–H groups in total. The molecule has 92 valence electrons. The Labute approximate surface area is 108 Å². The number of benzene rings is 1. The molecular formula is C12H11N3O2S. The molecule has 0 atom stereocenters. The molecule has 0 bridgehead atoms. The van der Waals surface area contributed by atoms with Gasteiger partial charge in [0, 0.05) is 11.3 Å².